The molecule has 0 aliphatic carbocycles. The van der Waals surface area contributed by atoms with E-state index in [0.29, 0.717) is 17.8 Å². The van der Waals surface area contributed by atoms with Gasteiger partial charge in [0.25, 0.3) is 0 Å². The number of nitrogens with zero attached hydrogens (tertiary/aromatic N) is 2. The molecule has 0 spiro atoms. The number of benzene rings is 1. The molecule has 6 heteroatoms. The molecule has 1 amide bonds. The van der Waals surface area contributed by atoms with Gasteiger partial charge in [-0.1, -0.05) is 15.9 Å². The van der Waals surface area contributed by atoms with Crippen molar-refractivity contribution in [1.29, 1.82) is 10.5 Å². The van der Waals surface area contributed by atoms with Gasteiger partial charge in [-0.15, -0.1) is 0 Å². The van der Waals surface area contributed by atoms with Crippen LogP contribution in [0.15, 0.2) is 22.7 Å². The Hall–Kier alpha value is -2.05. The van der Waals surface area contributed by atoms with Gasteiger partial charge in [-0.2, -0.15) is 10.5 Å². The third-order valence-electron chi connectivity index (χ3n) is 2.10. The van der Waals surface area contributed by atoms with Crippen LogP contribution in [-0.4, -0.2) is 19.0 Å². The zero-order valence-corrected chi connectivity index (χ0v) is 11.1. The Morgan fingerprint density at radius 3 is 2.83 bits per heavy atom. The van der Waals surface area contributed by atoms with Crippen molar-refractivity contribution in [1.82, 2.24) is 5.32 Å². The van der Waals surface area contributed by atoms with E-state index in [1.54, 1.807) is 18.2 Å². The van der Waals surface area contributed by atoms with Gasteiger partial charge in [-0.25, -0.2) is 0 Å². The Labute approximate surface area is 114 Å². The Kier molecular flexibility index (Phi) is 5.69. The number of halogens is 1. The number of carbonyl (C=O) groups is 1. The Morgan fingerprint density at radius 1 is 1.39 bits per heavy atom. The summed E-state index contributed by atoms with van der Waals surface area (Å²) in [6, 6.07) is 9.14. The van der Waals surface area contributed by atoms with Gasteiger partial charge in [-0.05, 0) is 18.2 Å². The molecule has 18 heavy (non-hydrogen) atoms. The fourth-order valence-corrected chi connectivity index (χ4v) is 1.62. The van der Waals surface area contributed by atoms with E-state index in [1.165, 1.54) is 0 Å². The number of hydrogen-bond acceptors (Lipinski definition) is 4. The predicted octanol–water partition coefficient (Wildman–Crippen LogP) is 1.76. The number of rotatable bonds is 5. The molecule has 0 aromatic heterocycles. The van der Waals surface area contributed by atoms with Crippen LogP contribution in [-0.2, 0) is 4.79 Å². The summed E-state index contributed by atoms with van der Waals surface area (Å²) in [4.78, 5) is 11.4. The van der Waals surface area contributed by atoms with E-state index in [4.69, 9.17) is 10.5 Å². The highest BCUT2D eigenvalue weighted by Gasteiger charge is 2.05. The molecule has 0 bridgehead atoms. The predicted molar refractivity (Wildman–Crippen MR) is 70.6 cm³/mol. The molecule has 0 fully saturated rings. The molecule has 0 aliphatic heterocycles. The van der Waals surface area contributed by atoms with Crippen LogP contribution >= 0.6 is 15.9 Å². The lowest BCUT2D eigenvalue weighted by Gasteiger charge is -2.08. The molecule has 2 N–H and O–H groups in total. The van der Waals surface area contributed by atoms with E-state index in [-0.39, 0.29) is 18.9 Å². The summed E-state index contributed by atoms with van der Waals surface area (Å²) in [5, 5.41) is 22.7. The third kappa shape index (κ3) is 4.44. The quantitative estimate of drug-likeness (QED) is 0.811. The van der Waals surface area contributed by atoms with Crippen LogP contribution in [0.2, 0.25) is 0 Å². The minimum Gasteiger partial charge on any atom is -0.375 e. The minimum absolute atomic E-state index is 0.0660. The summed E-state index contributed by atoms with van der Waals surface area (Å²) in [5.74, 6) is -0.214. The van der Waals surface area contributed by atoms with E-state index in [9.17, 15) is 4.79 Å². The third-order valence-corrected chi connectivity index (χ3v) is 2.59. The average molecular weight is 307 g/mol. The van der Waals surface area contributed by atoms with Crippen molar-refractivity contribution in [2.45, 2.75) is 6.42 Å². The van der Waals surface area contributed by atoms with Gasteiger partial charge < -0.3 is 10.6 Å². The molecule has 1 aromatic carbocycles. The Balaban J connectivity index is 2.53. The van der Waals surface area contributed by atoms with Crippen molar-refractivity contribution in [2.24, 2.45) is 0 Å². The lowest BCUT2D eigenvalue weighted by atomic mass is 10.2. The van der Waals surface area contributed by atoms with Gasteiger partial charge in [0.1, 0.15) is 6.07 Å². The number of nitrogens with one attached hydrogen (secondary N) is 2. The molecule has 0 atom stereocenters. The summed E-state index contributed by atoms with van der Waals surface area (Å²) in [6.45, 7) is 0.400. The highest BCUT2D eigenvalue weighted by molar-refractivity contribution is 9.10. The Morgan fingerprint density at radius 2 is 2.17 bits per heavy atom. The molecule has 0 radical (unpaired) electrons. The van der Waals surface area contributed by atoms with Gasteiger partial charge in [0, 0.05) is 11.0 Å². The van der Waals surface area contributed by atoms with Crippen LogP contribution in [0.25, 0.3) is 0 Å². The summed E-state index contributed by atoms with van der Waals surface area (Å²) in [5.41, 5.74) is 1.07. The molecule has 0 saturated carbocycles. The summed E-state index contributed by atoms with van der Waals surface area (Å²) in [6.07, 6.45) is 0.284. The fraction of sp³-hybridized carbons (Fsp3) is 0.250. The summed E-state index contributed by atoms with van der Waals surface area (Å²) in [7, 11) is 0. The average Bonchev–Trinajstić information content (AvgIpc) is 2.37. The maximum absolute atomic E-state index is 11.4. The molecule has 92 valence electrons. The second-order valence-electron chi connectivity index (χ2n) is 3.41. The molecular weight excluding hydrogens is 296 g/mol. The molecule has 0 heterocycles. The molecule has 5 nitrogen and oxygen atoms in total. The zero-order valence-electron chi connectivity index (χ0n) is 9.53. The maximum Gasteiger partial charge on any atom is 0.239 e. The van der Waals surface area contributed by atoms with Crippen molar-refractivity contribution in [3.63, 3.8) is 0 Å². The van der Waals surface area contributed by atoms with E-state index >= 15 is 0 Å². The second kappa shape index (κ2) is 7.31. The van der Waals surface area contributed by atoms with E-state index < -0.39 is 0 Å². The van der Waals surface area contributed by atoms with Gasteiger partial charge in [0.05, 0.1) is 30.3 Å². The minimum atomic E-state index is -0.214. The monoisotopic (exact) mass is 306 g/mol. The fourth-order valence-electron chi connectivity index (χ4n) is 1.26. The molecule has 0 saturated heterocycles. The van der Waals surface area contributed by atoms with E-state index in [1.807, 2.05) is 12.1 Å². The van der Waals surface area contributed by atoms with Gasteiger partial charge in [-0.3, -0.25) is 4.79 Å². The lowest BCUT2D eigenvalue weighted by Crippen LogP contribution is -2.30. The van der Waals surface area contributed by atoms with Crippen LogP contribution < -0.4 is 10.6 Å². The van der Waals surface area contributed by atoms with Crippen LogP contribution in [0.5, 0.6) is 0 Å². The second-order valence-corrected chi connectivity index (χ2v) is 4.33. The first-order valence-electron chi connectivity index (χ1n) is 5.24. The number of carbonyl (C=O) groups excluding carboxylic acids is 1. The van der Waals surface area contributed by atoms with Crippen molar-refractivity contribution in [3.05, 3.63) is 28.2 Å². The molecular formula is C12H11BrN4O. The number of amides is 1. The first-order valence-corrected chi connectivity index (χ1v) is 6.04. The normalized spacial score (nSPS) is 9.06. The molecule has 0 aliphatic rings. The zero-order chi connectivity index (χ0) is 13.4. The van der Waals surface area contributed by atoms with Crippen molar-refractivity contribution >= 4 is 27.5 Å². The highest BCUT2D eigenvalue weighted by atomic mass is 79.9. The first-order chi connectivity index (χ1) is 8.67. The van der Waals surface area contributed by atoms with Gasteiger partial charge in [0.15, 0.2) is 0 Å². The maximum atomic E-state index is 11.4. The molecule has 1 rings (SSSR count). The highest BCUT2D eigenvalue weighted by Crippen LogP contribution is 2.20. The van der Waals surface area contributed by atoms with Gasteiger partial charge in [0.2, 0.25) is 5.91 Å². The number of anilines is 1. The Bertz CT molecular complexity index is 516. The van der Waals surface area contributed by atoms with Crippen LogP contribution in [0.4, 0.5) is 5.69 Å². The van der Waals surface area contributed by atoms with Crippen molar-refractivity contribution in [2.75, 3.05) is 18.4 Å². The van der Waals surface area contributed by atoms with E-state index in [0.717, 1.165) is 4.47 Å². The van der Waals surface area contributed by atoms with Crippen molar-refractivity contribution in [3.8, 4) is 12.1 Å². The molecule has 1 aromatic rings. The number of nitriles is 2. The standard InChI is InChI=1S/C12H11BrN4O/c13-10-3-2-9(7-15)11(6-10)17-8-12(18)16-5-1-4-14/h2-3,6,17H,1,5,8H2,(H,16,18). The smallest absolute Gasteiger partial charge is 0.239 e. The number of hydrogen-bond donors (Lipinski definition) is 2. The van der Waals surface area contributed by atoms with Crippen molar-refractivity contribution < 1.29 is 4.79 Å². The van der Waals surface area contributed by atoms with E-state index in [2.05, 4.69) is 26.6 Å². The van der Waals surface area contributed by atoms with Crippen LogP contribution in [0.3, 0.4) is 0 Å². The molecule has 0 unspecified atom stereocenters. The summed E-state index contributed by atoms with van der Waals surface area (Å²) < 4.78 is 0.828. The lowest BCUT2D eigenvalue weighted by molar-refractivity contribution is -0.119. The topological polar surface area (TPSA) is 88.7 Å². The summed E-state index contributed by atoms with van der Waals surface area (Å²) >= 11 is 3.30. The first kappa shape index (κ1) is 14.0. The van der Waals surface area contributed by atoms with Crippen LogP contribution in [0.1, 0.15) is 12.0 Å². The van der Waals surface area contributed by atoms with Gasteiger partial charge >= 0.3 is 0 Å². The largest absolute Gasteiger partial charge is 0.375 e. The SMILES string of the molecule is N#CCCNC(=O)CNc1cc(Br)ccc1C#N. The van der Waals surface area contributed by atoms with Crippen LogP contribution in [0, 0.1) is 22.7 Å².